The zero-order chi connectivity index (χ0) is 14.4. The van der Waals surface area contributed by atoms with Crippen LogP contribution in [-0.2, 0) is 4.79 Å². The lowest BCUT2D eigenvalue weighted by atomic mass is 10.1. The van der Waals surface area contributed by atoms with Crippen LogP contribution in [0.25, 0.3) is 6.08 Å². The van der Waals surface area contributed by atoms with Gasteiger partial charge in [-0.05, 0) is 36.1 Å². The summed E-state index contributed by atoms with van der Waals surface area (Å²) in [5.41, 5.74) is 1.75. The van der Waals surface area contributed by atoms with E-state index < -0.39 is 5.97 Å². The third kappa shape index (κ3) is 5.35. The number of carboxylic acids is 1. The van der Waals surface area contributed by atoms with E-state index in [9.17, 15) is 4.79 Å². The van der Waals surface area contributed by atoms with Gasteiger partial charge in [0.05, 0.1) is 10.7 Å². The van der Waals surface area contributed by atoms with Crippen LogP contribution in [0.15, 0.2) is 24.3 Å². The summed E-state index contributed by atoms with van der Waals surface area (Å²) in [5.74, 6) is -0.312. The molecule has 1 aromatic carbocycles. The Bertz CT molecular complexity index is 469. The van der Waals surface area contributed by atoms with E-state index in [1.54, 1.807) is 6.07 Å². The first-order chi connectivity index (χ1) is 8.90. The first-order valence-corrected chi connectivity index (χ1v) is 6.69. The molecule has 0 unspecified atom stereocenters. The van der Waals surface area contributed by atoms with E-state index in [0.717, 1.165) is 30.3 Å². The Labute approximate surface area is 119 Å². The molecule has 0 atom stereocenters. The van der Waals surface area contributed by atoms with Gasteiger partial charge in [0, 0.05) is 19.7 Å². The van der Waals surface area contributed by atoms with Crippen LogP contribution in [0.3, 0.4) is 0 Å². The summed E-state index contributed by atoms with van der Waals surface area (Å²) >= 11 is 6.23. The molecule has 1 rings (SSSR count). The molecule has 19 heavy (non-hydrogen) atoms. The van der Waals surface area contributed by atoms with E-state index in [1.807, 2.05) is 19.2 Å². The van der Waals surface area contributed by atoms with E-state index in [-0.39, 0.29) is 0 Å². The predicted molar refractivity (Wildman–Crippen MR) is 80.8 cm³/mol. The van der Waals surface area contributed by atoms with Crippen LogP contribution >= 0.6 is 11.6 Å². The number of aliphatic carboxylic acids is 1. The van der Waals surface area contributed by atoms with E-state index in [4.69, 9.17) is 16.7 Å². The molecule has 4 heteroatoms. The zero-order valence-electron chi connectivity index (χ0n) is 11.6. The summed E-state index contributed by atoms with van der Waals surface area (Å²) < 4.78 is 0. The second kappa shape index (κ2) is 7.19. The number of rotatable bonds is 6. The van der Waals surface area contributed by atoms with Crippen LogP contribution in [0.1, 0.15) is 25.8 Å². The molecule has 0 bridgehead atoms. The average Bonchev–Trinajstić information content (AvgIpc) is 2.33. The third-order valence-electron chi connectivity index (χ3n) is 2.84. The van der Waals surface area contributed by atoms with Crippen molar-refractivity contribution in [3.63, 3.8) is 0 Å². The van der Waals surface area contributed by atoms with Gasteiger partial charge in [-0.15, -0.1) is 0 Å². The van der Waals surface area contributed by atoms with Crippen LogP contribution in [0.2, 0.25) is 5.02 Å². The molecule has 0 saturated carbocycles. The number of hydrogen-bond donors (Lipinski definition) is 1. The van der Waals surface area contributed by atoms with Crippen molar-refractivity contribution in [1.82, 2.24) is 0 Å². The maximum Gasteiger partial charge on any atom is 0.328 e. The number of nitrogens with zero attached hydrogens (tertiary/aromatic N) is 1. The van der Waals surface area contributed by atoms with Gasteiger partial charge in [0.25, 0.3) is 0 Å². The number of carbonyl (C=O) groups is 1. The van der Waals surface area contributed by atoms with Crippen LogP contribution in [0.4, 0.5) is 5.69 Å². The van der Waals surface area contributed by atoms with E-state index >= 15 is 0 Å². The molecule has 0 fully saturated rings. The van der Waals surface area contributed by atoms with E-state index in [1.165, 1.54) is 6.08 Å². The number of hydrogen-bond acceptors (Lipinski definition) is 2. The minimum absolute atomic E-state index is 0.638. The number of halogens is 1. The quantitative estimate of drug-likeness (QED) is 0.804. The fraction of sp³-hybridized carbons (Fsp3) is 0.400. The fourth-order valence-electron chi connectivity index (χ4n) is 1.68. The maximum absolute atomic E-state index is 10.5. The van der Waals surface area contributed by atoms with Gasteiger partial charge in [0.15, 0.2) is 0 Å². The summed E-state index contributed by atoms with van der Waals surface area (Å²) in [6.07, 6.45) is 3.74. The smallest absolute Gasteiger partial charge is 0.328 e. The minimum atomic E-state index is -0.964. The van der Waals surface area contributed by atoms with Crippen molar-refractivity contribution in [3.8, 4) is 0 Å². The highest BCUT2D eigenvalue weighted by atomic mass is 35.5. The van der Waals surface area contributed by atoms with Gasteiger partial charge in [-0.2, -0.15) is 0 Å². The molecule has 0 aromatic heterocycles. The van der Waals surface area contributed by atoms with Gasteiger partial charge in [0.2, 0.25) is 0 Å². The topological polar surface area (TPSA) is 40.5 Å². The zero-order valence-corrected chi connectivity index (χ0v) is 12.3. The van der Waals surface area contributed by atoms with Crippen molar-refractivity contribution >= 4 is 29.3 Å². The molecule has 0 amide bonds. The van der Waals surface area contributed by atoms with Gasteiger partial charge in [-0.25, -0.2) is 4.79 Å². The largest absolute Gasteiger partial charge is 0.478 e. The Balaban J connectivity index is 2.79. The summed E-state index contributed by atoms with van der Waals surface area (Å²) in [5, 5.41) is 9.22. The van der Waals surface area contributed by atoms with Crippen molar-refractivity contribution < 1.29 is 9.90 Å². The molecular weight excluding hydrogens is 262 g/mol. The van der Waals surface area contributed by atoms with Crippen molar-refractivity contribution in [2.45, 2.75) is 20.3 Å². The highest BCUT2D eigenvalue weighted by molar-refractivity contribution is 6.33. The van der Waals surface area contributed by atoms with Crippen molar-refractivity contribution in [3.05, 3.63) is 34.9 Å². The van der Waals surface area contributed by atoms with Gasteiger partial charge in [-0.1, -0.05) is 31.5 Å². The normalized spacial score (nSPS) is 11.2. The Kier molecular flexibility index (Phi) is 5.90. The lowest BCUT2D eigenvalue weighted by molar-refractivity contribution is -0.131. The third-order valence-corrected chi connectivity index (χ3v) is 3.15. The van der Waals surface area contributed by atoms with Crippen molar-refractivity contribution in [2.24, 2.45) is 5.92 Å². The van der Waals surface area contributed by atoms with Crippen LogP contribution < -0.4 is 4.90 Å². The molecule has 0 aliphatic carbocycles. The van der Waals surface area contributed by atoms with Crippen molar-refractivity contribution in [1.29, 1.82) is 0 Å². The van der Waals surface area contributed by atoms with E-state index in [2.05, 4.69) is 18.7 Å². The maximum atomic E-state index is 10.5. The SMILES string of the molecule is CC(C)CCN(C)c1ccc(/C=C/C(=O)O)cc1Cl. The molecule has 1 N–H and O–H groups in total. The first-order valence-electron chi connectivity index (χ1n) is 6.32. The second-order valence-corrected chi connectivity index (χ2v) is 5.39. The van der Waals surface area contributed by atoms with Gasteiger partial charge in [-0.3, -0.25) is 0 Å². The minimum Gasteiger partial charge on any atom is -0.478 e. The fourth-order valence-corrected chi connectivity index (χ4v) is 2.01. The van der Waals surface area contributed by atoms with Gasteiger partial charge >= 0.3 is 5.97 Å². The molecule has 3 nitrogen and oxygen atoms in total. The Morgan fingerprint density at radius 2 is 2.16 bits per heavy atom. The molecule has 0 aliphatic heterocycles. The molecule has 0 aliphatic rings. The molecule has 0 spiro atoms. The second-order valence-electron chi connectivity index (χ2n) is 4.99. The molecule has 0 saturated heterocycles. The first kappa shape index (κ1) is 15.6. The Hall–Kier alpha value is -1.48. The standard InChI is InChI=1S/C15H20ClNO2/c1-11(2)8-9-17(3)14-6-4-12(10-13(14)16)5-7-15(18)19/h4-7,10-11H,8-9H2,1-3H3,(H,18,19)/b7-5+. The molecule has 1 aromatic rings. The monoisotopic (exact) mass is 281 g/mol. The average molecular weight is 282 g/mol. The lowest BCUT2D eigenvalue weighted by Crippen LogP contribution is -2.20. The molecular formula is C15H20ClNO2. The summed E-state index contributed by atoms with van der Waals surface area (Å²) in [4.78, 5) is 12.6. The summed E-state index contributed by atoms with van der Waals surface area (Å²) in [6.45, 7) is 5.33. The molecule has 104 valence electrons. The number of benzene rings is 1. The van der Waals surface area contributed by atoms with Crippen molar-refractivity contribution in [2.75, 3.05) is 18.5 Å². The lowest BCUT2D eigenvalue weighted by Gasteiger charge is -2.21. The van der Waals surface area contributed by atoms with E-state index in [0.29, 0.717) is 10.9 Å². The van der Waals surface area contributed by atoms with Crippen LogP contribution in [-0.4, -0.2) is 24.7 Å². The molecule has 0 radical (unpaired) electrons. The Morgan fingerprint density at radius 3 is 2.68 bits per heavy atom. The van der Waals surface area contributed by atoms with Gasteiger partial charge < -0.3 is 10.0 Å². The van der Waals surface area contributed by atoms with Crippen LogP contribution in [0.5, 0.6) is 0 Å². The summed E-state index contributed by atoms with van der Waals surface area (Å²) in [7, 11) is 2.01. The number of carboxylic acid groups (broad SMARTS) is 1. The Morgan fingerprint density at radius 1 is 1.47 bits per heavy atom. The number of anilines is 1. The van der Waals surface area contributed by atoms with Gasteiger partial charge in [0.1, 0.15) is 0 Å². The highest BCUT2D eigenvalue weighted by Crippen LogP contribution is 2.27. The predicted octanol–water partition coefficient (Wildman–Crippen LogP) is 3.92. The summed E-state index contributed by atoms with van der Waals surface area (Å²) in [6, 6.07) is 5.57. The molecule has 0 heterocycles. The highest BCUT2D eigenvalue weighted by Gasteiger charge is 2.07. The van der Waals surface area contributed by atoms with Crippen LogP contribution in [0, 0.1) is 5.92 Å².